The molecular weight excluding hydrogens is 296 g/mol. The number of hydrogen-bond donors (Lipinski definition) is 2. The number of para-hydroxylation sites is 2. The number of likely N-dealkylation sites (tertiary alicyclic amines) is 1. The van der Waals surface area contributed by atoms with Gasteiger partial charge in [0, 0.05) is 33.2 Å². The number of urea groups is 1. The van der Waals surface area contributed by atoms with Crippen molar-refractivity contribution in [3.8, 4) is 0 Å². The van der Waals surface area contributed by atoms with E-state index in [0.29, 0.717) is 13.1 Å². The van der Waals surface area contributed by atoms with E-state index < -0.39 is 0 Å². The minimum absolute atomic E-state index is 0.0578. The summed E-state index contributed by atoms with van der Waals surface area (Å²) >= 11 is 0. The highest BCUT2D eigenvalue weighted by Gasteiger charge is 2.24. The summed E-state index contributed by atoms with van der Waals surface area (Å²) in [6.07, 6.45) is 1.13. The van der Waals surface area contributed by atoms with Crippen molar-refractivity contribution in [1.29, 1.82) is 0 Å². The Morgan fingerprint density at radius 2 is 1.87 bits per heavy atom. The van der Waals surface area contributed by atoms with Crippen molar-refractivity contribution in [2.24, 2.45) is 0 Å². The van der Waals surface area contributed by atoms with Crippen LogP contribution in [0.4, 0.5) is 21.0 Å². The van der Waals surface area contributed by atoms with E-state index in [0.717, 1.165) is 24.2 Å². The fourth-order valence-electron chi connectivity index (χ4n) is 2.65. The number of ether oxygens (including phenoxy) is 1. The van der Waals surface area contributed by atoms with Crippen LogP contribution in [0, 0.1) is 0 Å². The van der Waals surface area contributed by atoms with E-state index in [-0.39, 0.29) is 18.2 Å². The monoisotopic (exact) mass is 320 g/mol. The van der Waals surface area contributed by atoms with Gasteiger partial charge in [0.25, 0.3) is 0 Å². The second-order valence-electron chi connectivity index (χ2n) is 5.74. The fourth-order valence-corrected chi connectivity index (χ4v) is 2.65. The molecule has 0 unspecified atom stereocenters. The average molecular weight is 320 g/mol. The number of carbonyl (C=O) groups is 2. The lowest BCUT2D eigenvalue weighted by molar-refractivity contribution is 0.110. The Morgan fingerprint density at radius 3 is 2.48 bits per heavy atom. The van der Waals surface area contributed by atoms with Crippen molar-refractivity contribution in [3.05, 3.63) is 24.3 Å². The third-order valence-electron chi connectivity index (χ3n) is 3.90. The second kappa shape index (κ2) is 7.71. The molecule has 2 N–H and O–H groups in total. The number of benzene rings is 1. The van der Waals surface area contributed by atoms with Crippen LogP contribution in [0.1, 0.15) is 12.8 Å². The van der Waals surface area contributed by atoms with Crippen LogP contribution >= 0.6 is 0 Å². The zero-order chi connectivity index (χ0) is 16.8. The van der Waals surface area contributed by atoms with Gasteiger partial charge in [0.15, 0.2) is 0 Å². The summed E-state index contributed by atoms with van der Waals surface area (Å²) in [7, 11) is 5.24. The van der Waals surface area contributed by atoms with Crippen molar-refractivity contribution in [1.82, 2.24) is 10.2 Å². The zero-order valence-electron chi connectivity index (χ0n) is 13.8. The number of carbonyl (C=O) groups excluding carboxylic acids is 2. The third-order valence-corrected chi connectivity index (χ3v) is 3.90. The van der Waals surface area contributed by atoms with Crippen LogP contribution in [0.25, 0.3) is 0 Å². The van der Waals surface area contributed by atoms with Crippen molar-refractivity contribution >= 4 is 23.5 Å². The van der Waals surface area contributed by atoms with E-state index in [2.05, 4.69) is 10.6 Å². The number of piperidine rings is 1. The van der Waals surface area contributed by atoms with Gasteiger partial charge in [-0.1, -0.05) is 12.1 Å². The van der Waals surface area contributed by atoms with Gasteiger partial charge < -0.3 is 25.2 Å². The molecule has 1 aliphatic heterocycles. The number of amides is 3. The molecule has 7 heteroatoms. The van der Waals surface area contributed by atoms with E-state index in [1.165, 1.54) is 7.11 Å². The van der Waals surface area contributed by atoms with Crippen LogP contribution < -0.4 is 15.5 Å². The van der Waals surface area contributed by atoms with Crippen LogP contribution in [0.2, 0.25) is 0 Å². The molecule has 1 fully saturated rings. The molecule has 1 aromatic carbocycles. The molecule has 2 rings (SSSR count). The zero-order valence-corrected chi connectivity index (χ0v) is 13.8. The molecule has 0 atom stereocenters. The number of anilines is 2. The molecule has 0 radical (unpaired) electrons. The van der Waals surface area contributed by atoms with E-state index in [9.17, 15) is 9.59 Å². The van der Waals surface area contributed by atoms with Gasteiger partial charge >= 0.3 is 12.1 Å². The first-order valence-corrected chi connectivity index (χ1v) is 7.68. The first-order valence-electron chi connectivity index (χ1n) is 7.68. The van der Waals surface area contributed by atoms with Gasteiger partial charge in [0.2, 0.25) is 0 Å². The Kier molecular flexibility index (Phi) is 5.67. The normalized spacial score (nSPS) is 15.0. The van der Waals surface area contributed by atoms with Gasteiger partial charge in [-0.3, -0.25) is 0 Å². The summed E-state index contributed by atoms with van der Waals surface area (Å²) < 4.78 is 4.70. The molecule has 0 spiro atoms. The number of hydrogen-bond acceptors (Lipinski definition) is 4. The van der Waals surface area contributed by atoms with E-state index >= 15 is 0 Å². The molecule has 0 aromatic heterocycles. The molecule has 7 nitrogen and oxygen atoms in total. The van der Waals surface area contributed by atoms with Crippen LogP contribution in [0.3, 0.4) is 0 Å². The summed E-state index contributed by atoms with van der Waals surface area (Å²) in [5, 5.41) is 5.85. The van der Waals surface area contributed by atoms with Crippen LogP contribution in [-0.4, -0.2) is 57.4 Å². The highest BCUT2D eigenvalue weighted by Crippen LogP contribution is 2.23. The highest BCUT2D eigenvalue weighted by molar-refractivity contribution is 5.93. The van der Waals surface area contributed by atoms with Crippen LogP contribution in [-0.2, 0) is 4.74 Å². The minimum Gasteiger partial charge on any atom is -0.453 e. The lowest BCUT2D eigenvalue weighted by Crippen LogP contribution is -2.47. The number of nitrogens with zero attached hydrogens (tertiary/aromatic N) is 2. The first-order chi connectivity index (χ1) is 11.0. The molecule has 0 aliphatic carbocycles. The molecule has 0 saturated carbocycles. The standard InChI is InChI=1S/C16H24N4O3/c1-19(2)14-7-5-4-6-13(14)18-15(21)17-12-8-10-20(11-9-12)16(22)23-3/h4-7,12H,8-11H2,1-3H3,(H2,17,18,21). The first kappa shape index (κ1) is 16.9. The topological polar surface area (TPSA) is 73.9 Å². The lowest BCUT2D eigenvalue weighted by atomic mass is 10.1. The van der Waals surface area contributed by atoms with Gasteiger partial charge in [-0.25, -0.2) is 9.59 Å². The van der Waals surface area contributed by atoms with E-state index in [4.69, 9.17) is 4.74 Å². The molecule has 126 valence electrons. The van der Waals surface area contributed by atoms with Crippen LogP contribution in [0.5, 0.6) is 0 Å². The SMILES string of the molecule is COC(=O)N1CCC(NC(=O)Nc2ccccc2N(C)C)CC1. The molecule has 23 heavy (non-hydrogen) atoms. The molecule has 3 amide bonds. The van der Waals surface area contributed by atoms with E-state index in [1.54, 1.807) is 4.90 Å². The van der Waals surface area contributed by atoms with Crippen molar-refractivity contribution in [2.75, 3.05) is 44.5 Å². The Morgan fingerprint density at radius 1 is 1.22 bits per heavy atom. The molecule has 1 aliphatic rings. The van der Waals surface area contributed by atoms with Crippen molar-refractivity contribution in [2.45, 2.75) is 18.9 Å². The smallest absolute Gasteiger partial charge is 0.409 e. The highest BCUT2D eigenvalue weighted by atomic mass is 16.5. The predicted molar refractivity (Wildman–Crippen MR) is 89.9 cm³/mol. The molecule has 1 saturated heterocycles. The quantitative estimate of drug-likeness (QED) is 0.894. The van der Waals surface area contributed by atoms with Gasteiger partial charge in [-0.05, 0) is 25.0 Å². The van der Waals surface area contributed by atoms with Gasteiger partial charge in [-0.15, -0.1) is 0 Å². The Bertz CT molecular complexity index is 554. The molecule has 1 aromatic rings. The molecule has 1 heterocycles. The maximum absolute atomic E-state index is 12.2. The number of rotatable bonds is 3. The molecular formula is C16H24N4O3. The summed E-state index contributed by atoms with van der Waals surface area (Å²) in [6, 6.07) is 7.47. The largest absolute Gasteiger partial charge is 0.453 e. The summed E-state index contributed by atoms with van der Waals surface area (Å²) in [5.74, 6) is 0. The average Bonchev–Trinajstić information content (AvgIpc) is 2.55. The van der Waals surface area contributed by atoms with Crippen LogP contribution in [0.15, 0.2) is 24.3 Å². The maximum atomic E-state index is 12.2. The van der Waals surface area contributed by atoms with Gasteiger partial charge in [-0.2, -0.15) is 0 Å². The Labute approximate surface area is 136 Å². The Hall–Kier alpha value is -2.44. The van der Waals surface area contributed by atoms with Gasteiger partial charge in [0.1, 0.15) is 0 Å². The Balaban J connectivity index is 1.86. The second-order valence-corrected chi connectivity index (χ2v) is 5.74. The molecule has 0 bridgehead atoms. The van der Waals surface area contributed by atoms with E-state index in [1.807, 2.05) is 43.3 Å². The number of nitrogens with one attached hydrogen (secondary N) is 2. The summed E-state index contributed by atoms with van der Waals surface area (Å²) in [6.45, 7) is 1.18. The van der Waals surface area contributed by atoms with Gasteiger partial charge in [0.05, 0.1) is 18.5 Å². The lowest BCUT2D eigenvalue weighted by Gasteiger charge is -2.31. The summed E-state index contributed by atoms with van der Waals surface area (Å²) in [5.41, 5.74) is 1.71. The predicted octanol–water partition coefficient (Wildman–Crippen LogP) is 2.10. The third kappa shape index (κ3) is 4.51. The van der Waals surface area contributed by atoms with Crippen molar-refractivity contribution in [3.63, 3.8) is 0 Å². The van der Waals surface area contributed by atoms with Crippen molar-refractivity contribution < 1.29 is 14.3 Å². The number of methoxy groups -OCH3 is 1. The maximum Gasteiger partial charge on any atom is 0.409 e. The summed E-state index contributed by atoms with van der Waals surface area (Å²) in [4.78, 5) is 27.2. The minimum atomic E-state index is -0.312. The fraction of sp³-hybridized carbons (Fsp3) is 0.500.